The van der Waals surface area contributed by atoms with Gasteiger partial charge in [0.15, 0.2) is 0 Å². The van der Waals surface area contributed by atoms with Crippen LogP contribution in [0.15, 0.2) is 30.3 Å². The largest absolute Gasteiger partial charge is 0.361 e. The average molecular weight is 431 g/mol. The minimum Gasteiger partial charge on any atom is -0.301 e. The number of hydrogen-bond acceptors (Lipinski definition) is 3. The molecule has 4 fully saturated rings. The summed E-state index contributed by atoms with van der Waals surface area (Å²) in [6.45, 7) is 14.2. The van der Waals surface area contributed by atoms with Crippen molar-refractivity contribution in [1.82, 2.24) is 0 Å². The summed E-state index contributed by atoms with van der Waals surface area (Å²) in [6.07, 6.45) is 6.82. The second-order valence-corrected chi connectivity index (χ2v) is 14.2. The van der Waals surface area contributed by atoms with Gasteiger partial charge in [-0.25, -0.2) is 0 Å². The predicted molar refractivity (Wildman–Crippen MR) is 122 cm³/mol. The Hall–Kier alpha value is -0.630. The maximum atomic E-state index is 14.5. The van der Waals surface area contributed by atoms with Crippen LogP contribution >= 0.6 is 7.60 Å². The highest BCUT2D eigenvalue weighted by Gasteiger charge is 2.65. The topological polar surface area (TPSA) is 35.5 Å². The highest BCUT2D eigenvalue weighted by atomic mass is 31.2. The fourth-order valence-corrected chi connectivity index (χ4v) is 9.81. The second kappa shape index (κ2) is 6.46. The second-order valence-electron chi connectivity index (χ2n) is 12.2. The molecule has 1 aromatic rings. The molecule has 0 aliphatic heterocycles. The van der Waals surface area contributed by atoms with Gasteiger partial charge in [0.25, 0.3) is 0 Å². The zero-order valence-electron chi connectivity index (χ0n) is 19.6. The molecule has 4 aliphatic carbocycles. The van der Waals surface area contributed by atoms with Crippen molar-refractivity contribution in [2.24, 2.45) is 33.5 Å². The molecule has 0 unspecified atom stereocenters. The van der Waals surface area contributed by atoms with Crippen LogP contribution in [0, 0.1) is 33.5 Å². The lowest BCUT2D eigenvalue weighted by molar-refractivity contribution is -0.0112. The Morgan fingerprint density at radius 3 is 1.53 bits per heavy atom. The normalized spacial score (nSPS) is 43.4. The highest BCUT2D eigenvalue weighted by molar-refractivity contribution is 7.62. The Bertz CT molecular complexity index is 828. The van der Waals surface area contributed by atoms with E-state index in [9.17, 15) is 4.57 Å². The van der Waals surface area contributed by atoms with E-state index < -0.39 is 7.60 Å². The number of hydrogen-bond donors (Lipinski definition) is 0. The van der Waals surface area contributed by atoms with Gasteiger partial charge in [-0.05, 0) is 84.2 Å². The van der Waals surface area contributed by atoms with Crippen molar-refractivity contribution in [2.75, 3.05) is 0 Å². The fraction of sp³-hybridized carbons (Fsp3) is 0.769. The number of fused-ring (bicyclic) bond motifs is 4. The first-order valence-corrected chi connectivity index (χ1v) is 13.5. The van der Waals surface area contributed by atoms with Crippen LogP contribution in [0.5, 0.6) is 0 Å². The minimum absolute atomic E-state index is 0.00306. The first-order valence-electron chi connectivity index (χ1n) is 12.0. The molecule has 0 saturated heterocycles. The summed E-state index contributed by atoms with van der Waals surface area (Å²) in [5.41, 5.74) is 0.561. The van der Waals surface area contributed by atoms with Gasteiger partial charge < -0.3 is 9.05 Å². The van der Waals surface area contributed by atoms with Gasteiger partial charge in [-0.1, -0.05) is 59.7 Å². The van der Waals surface area contributed by atoms with Crippen molar-refractivity contribution in [3.05, 3.63) is 30.3 Å². The molecule has 4 heteroatoms. The Balaban J connectivity index is 1.48. The molecule has 4 saturated carbocycles. The van der Waals surface area contributed by atoms with Gasteiger partial charge >= 0.3 is 7.60 Å². The molecule has 4 aliphatic rings. The van der Waals surface area contributed by atoms with Gasteiger partial charge in [0, 0.05) is 0 Å². The third-order valence-corrected chi connectivity index (χ3v) is 13.0. The molecule has 0 spiro atoms. The molecule has 5 rings (SSSR count). The molecule has 30 heavy (non-hydrogen) atoms. The standard InChI is InChI=1S/C26H39O3P/c1-23(2)18-12-14-25(23,5)21(16-18)28-30(27,20-10-8-7-9-11-20)29-22-17-19-13-15-26(22,6)24(19,3)4/h7-11,18-19,21-22H,12-17H2,1-6H3/t18-,19-,21+,22+,25+,26+/m0/s1. The van der Waals surface area contributed by atoms with Crippen molar-refractivity contribution < 1.29 is 13.6 Å². The summed E-state index contributed by atoms with van der Waals surface area (Å²) in [5, 5.41) is 0.721. The summed E-state index contributed by atoms with van der Waals surface area (Å²) < 4.78 is 27.9. The van der Waals surface area contributed by atoms with Crippen LogP contribution in [0.4, 0.5) is 0 Å². The minimum atomic E-state index is -3.43. The van der Waals surface area contributed by atoms with E-state index in [1.165, 1.54) is 12.8 Å². The van der Waals surface area contributed by atoms with E-state index in [-0.39, 0.29) is 33.9 Å². The lowest BCUT2D eigenvalue weighted by Gasteiger charge is -2.42. The Kier molecular flexibility index (Phi) is 4.57. The van der Waals surface area contributed by atoms with Crippen LogP contribution in [0.25, 0.3) is 0 Å². The third-order valence-electron chi connectivity index (χ3n) is 11.0. The summed E-state index contributed by atoms with van der Waals surface area (Å²) in [6, 6.07) is 9.74. The molecule has 0 amide bonds. The maximum absolute atomic E-state index is 14.5. The zero-order chi connectivity index (χ0) is 21.6. The molecule has 4 bridgehead atoms. The van der Waals surface area contributed by atoms with Crippen LogP contribution in [0.1, 0.15) is 80.1 Å². The zero-order valence-corrected chi connectivity index (χ0v) is 20.5. The van der Waals surface area contributed by atoms with E-state index in [0.717, 1.165) is 31.0 Å². The average Bonchev–Trinajstić information content (AvgIpc) is 3.21. The van der Waals surface area contributed by atoms with Crippen molar-refractivity contribution in [2.45, 2.75) is 92.3 Å². The van der Waals surface area contributed by atoms with Crippen LogP contribution in [0.3, 0.4) is 0 Å². The van der Waals surface area contributed by atoms with E-state index in [4.69, 9.17) is 9.05 Å². The van der Waals surface area contributed by atoms with Crippen molar-refractivity contribution in [3.8, 4) is 0 Å². The molecule has 166 valence electrons. The number of rotatable bonds is 5. The van der Waals surface area contributed by atoms with E-state index in [0.29, 0.717) is 11.8 Å². The van der Waals surface area contributed by atoms with Gasteiger partial charge in [0.05, 0.1) is 17.5 Å². The molecule has 1 aromatic carbocycles. The molecular formula is C26H39O3P. The molecule has 3 nitrogen and oxygen atoms in total. The van der Waals surface area contributed by atoms with Gasteiger partial charge in [0.2, 0.25) is 0 Å². The Morgan fingerprint density at radius 1 is 0.767 bits per heavy atom. The third kappa shape index (κ3) is 2.61. The van der Waals surface area contributed by atoms with Crippen molar-refractivity contribution in [3.63, 3.8) is 0 Å². The summed E-state index contributed by atoms with van der Waals surface area (Å²) >= 11 is 0. The quantitative estimate of drug-likeness (QED) is 0.473. The van der Waals surface area contributed by atoms with Crippen molar-refractivity contribution in [1.29, 1.82) is 0 Å². The fourth-order valence-electron chi connectivity index (χ4n) is 7.67. The van der Waals surface area contributed by atoms with Crippen LogP contribution < -0.4 is 5.30 Å². The van der Waals surface area contributed by atoms with E-state index in [1.807, 2.05) is 30.3 Å². The van der Waals surface area contributed by atoms with E-state index >= 15 is 0 Å². The van der Waals surface area contributed by atoms with Gasteiger partial charge in [-0.2, -0.15) is 0 Å². The SMILES string of the molecule is CC1(C)[C@H]2CC[C@]1(C)[C@H](OP(=O)(O[C@@H]1C[C@@H]3CC[C@@]1(C)C3(C)C)c1ccccc1)C2. The monoisotopic (exact) mass is 430 g/mol. The Labute approximate surface area is 182 Å². The summed E-state index contributed by atoms with van der Waals surface area (Å²) in [5.74, 6) is 1.30. The lowest BCUT2D eigenvalue weighted by atomic mass is 9.70. The summed E-state index contributed by atoms with van der Waals surface area (Å²) in [7, 11) is -3.43. The first kappa shape index (κ1) is 21.2. The summed E-state index contributed by atoms with van der Waals surface area (Å²) in [4.78, 5) is 0. The molecule has 0 radical (unpaired) electrons. The van der Waals surface area contributed by atoms with Gasteiger partial charge in [-0.15, -0.1) is 0 Å². The van der Waals surface area contributed by atoms with Crippen LogP contribution in [-0.2, 0) is 13.6 Å². The molecule has 6 atom stereocenters. The van der Waals surface area contributed by atoms with Crippen LogP contribution in [-0.4, -0.2) is 12.2 Å². The number of benzene rings is 1. The maximum Gasteiger partial charge on any atom is 0.361 e. The smallest absolute Gasteiger partial charge is 0.301 e. The van der Waals surface area contributed by atoms with Gasteiger partial charge in [-0.3, -0.25) is 4.57 Å². The predicted octanol–water partition coefficient (Wildman–Crippen LogP) is 6.97. The highest BCUT2D eigenvalue weighted by Crippen LogP contribution is 2.72. The van der Waals surface area contributed by atoms with Crippen molar-refractivity contribution >= 4 is 12.9 Å². The molecular weight excluding hydrogens is 391 g/mol. The van der Waals surface area contributed by atoms with E-state index in [1.54, 1.807) is 0 Å². The lowest BCUT2D eigenvalue weighted by Crippen LogP contribution is -2.40. The molecule has 0 N–H and O–H groups in total. The van der Waals surface area contributed by atoms with Gasteiger partial charge in [0.1, 0.15) is 0 Å². The molecule has 0 aromatic heterocycles. The molecule has 0 heterocycles. The Morgan fingerprint density at radius 2 is 1.20 bits per heavy atom. The van der Waals surface area contributed by atoms with Crippen LogP contribution in [0.2, 0.25) is 0 Å². The first-order chi connectivity index (χ1) is 13.9. The van der Waals surface area contributed by atoms with E-state index in [2.05, 4.69) is 41.5 Å².